The molecule has 2 heterocycles. The largest absolute Gasteiger partial charge is 0.455 e. The number of rotatable bonds is 6. The lowest BCUT2D eigenvalue weighted by atomic mass is 9.96. The zero-order valence-electron chi connectivity index (χ0n) is 17.5. The Morgan fingerprint density at radius 2 is 1.71 bits per heavy atom. The molecule has 8 nitrogen and oxygen atoms in total. The van der Waals surface area contributed by atoms with Crippen LogP contribution in [-0.4, -0.2) is 38.2 Å². The van der Waals surface area contributed by atoms with Crippen LogP contribution in [0.25, 0.3) is 5.95 Å². The van der Waals surface area contributed by atoms with E-state index in [9.17, 15) is 9.59 Å². The predicted molar refractivity (Wildman–Crippen MR) is 115 cm³/mol. The molecule has 2 aromatic heterocycles. The lowest BCUT2D eigenvalue weighted by Crippen LogP contribution is -2.28. The third-order valence-electron chi connectivity index (χ3n) is 5.13. The first-order valence-corrected chi connectivity index (χ1v) is 10.3. The standard InChI is InChI=1S/C22H22ClN5O3/c1-13-10-14(2)25-21(24-13)28-18(11-15(3)27-28)26-19(29)12-31-20(30)22(8-9-22)16-4-6-17(23)7-5-16/h4-7,10-11H,8-9,12H2,1-3H3,(H,26,29). The minimum Gasteiger partial charge on any atom is -0.455 e. The maximum absolute atomic E-state index is 12.7. The van der Waals surface area contributed by atoms with Crippen LogP contribution in [0.2, 0.25) is 5.02 Å². The average Bonchev–Trinajstić information content (AvgIpc) is 3.44. The van der Waals surface area contributed by atoms with Crippen molar-refractivity contribution in [1.29, 1.82) is 0 Å². The SMILES string of the molecule is Cc1cc(C)nc(-n2nc(C)cc2NC(=O)COC(=O)C2(c3ccc(Cl)cc3)CC2)n1. The normalized spacial score (nSPS) is 14.2. The van der Waals surface area contributed by atoms with Gasteiger partial charge in [0.05, 0.1) is 11.1 Å². The summed E-state index contributed by atoms with van der Waals surface area (Å²) in [7, 11) is 0. The highest BCUT2D eigenvalue weighted by molar-refractivity contribution is 6.30. The van der Waals surface area contributed by atoms with Crippen LogP contribution in [0.15, 0.2) is 36.4 Å². The maximum atomic E-state index is 12.7. The summed E-state index contributed by atoms with van der Waals surface area (Å²) in [6.45, 7) is 5.13. The number of esters is 1. The number of benzene rings is 1. The van der Waals surface area contributed by atoms with E-state index in [1.165, 1.54) is 4.68 Å². The molecule has 4 rings (SSSR count). The molecule has 0 bridgehead atoms. The van der Waals surface area contributed by atoms with Gasteiger partial charge in [0, 0.05) is 22.5 Å². The minimum absolute atomic E-state index is 0.359. The Balaban J connectivity index is 1.43. The molecule has 0 spiro atoms. The Morgan fingerprint density at radius 3 is 2.32 bits per heavy atom. The lowest BCUT2D eigenvalue weighted by Gasteiger charge is -2.15. The molecule has 1 N–H and O–H groups in total. The average molecular weight is 440 g/mol. The second-order valence-corrected chi connectivity index (χ2v) is 8.18. The Bertz CT molecular complexity index is 1130. The van der Waals surface area contributed by atoms with Gasteiger partial charge in [0.2, 0.25) is 0 Å². The highest BCUT2D eigenvalue weighted by Gasteiger charge is 2.52. The zero-order chi connectivity index (χ0) is 22.2. The Labute approximate surface area is 184 Å². The first kappa shape index (κ1) is 21.0. The van der Waals surface area contributed by atoms with Gasteiger partial charge in [-0.1, -0.05) is 23.7 Å². The van der Waals surface area contributed by atoms with Crippen LogP contribution in [-0.2, 0) is 19.7 Å². The van der Waals surface area contributed by atoms with E-state index in [2.05, 4.69) is 20.4 Å². The number of nitrogens with one attached hydrogen (secondary N) is 1. The van der Waals surface area contributed by atoms with Gasteiger partial charge in [-0.3, -0.25) is 9.59 Å². The highest BCUT2D eigenvalue weighted by Crippen LogP contribution is 2.49. The molecule has 3 aromatic rings. The van der Waals surface area contributed by atoms with Crippen molar-refractivity contribution in [3.63, 3.8) is 0 Å². The van der Waals surface area contributed by atoms with E-state index in [4.69, 9.17) is 16.3 Å². The minimum atomic E-state index is -0.684. The highest BCUT2D eigenvalue weighted by atomic mass is 35.5. The van der Waals surface area contributed by atoms with E-state index in [1.54, 1.807) is 25.1 Å². The van der Waals surface area contributed by atoms with E-state index in [0.717, 1.165) is 17.0 Å². The fraction of sp³-hybridized carbons (Fsp3) is 0.318. The van der Waals surface area contributed by atoms with Gasteiger partial charge in [0.25, 0.3) is 11.9 Å². The van der Waals surface area contributed by atoms with Crippen molar-refractivity contribution >= 4 is 29.3 Å². The first-order chi connectivity index (χ1) is 14.8. The molecule has 0 saturated heterocycles. The van der Waals surface area contributed by atoms with Crippen LogP contribution < -0.4 is 5.32 Å². The summed E-state index contributed by atoms with van der Waals surface area (Å²) in [5.74, 6) is -0.113. The maximum Gasteiger partial charge on any atom is 0.317 e. The second kappa shape index (κ2) is 8.11. The molecule has 1 aliphatic rings. The van der Waals surface area contributed by atoms with Gasteiger partial charge in [-0.05, 0) is 57.4 Å². The van der Waals surface area contributed by atoms with Crippen molar-refractivity contribution in [3.8, 4) is 5.95 Å². The molecular weight excluding hydrogens is 418 g/mol. The van der Waals surface area contributed by atoms with Crippen molar-refractivity contribution in [3.05, 3.63) is 64.1 Å². The molecule has 0 unspecified atom stereocenters. The number of ether oxygens (including phenoxy) is 1. The number of hydrogen-bond donors (Lipinski definition) is 1. The van der Waals surface area contributed by atoms with Crippen molar-refractivity contribution in [2.24, 2.45) is 0 Å². The van der Waals surface area contributed by atoms with Gasteiger partial charge in [0.15, 0.2) is 6.61 Å². The summed E-state index contributed by atoms with van der Waals surface area (Å²) in [5.41, 5.74) is 2.44. The molecule has 0 atom stereocenters. The molecule has 0 aliphatic heterocycles. The molecule has 1 amide bonds. The summed E-state index contributed by atoms with van der Waals surface area (Å²) in [6.07, 6.45) is 1.37. The molecular formula is C22H22ClN5O3. The van der Waals surface area contributed by atoms with Crippen molar-refractivity contribution in [1.82, 2.24) is 19.7 Å². The van der Waals surface area contributed by atoms with Crippen LogP contribution in [0.5, 0.6) is 0 Å². The molecule has 1 aromatic carbocycles. The van der Waals surface area contributed by atoms with Gasteiger partial charge >= 0.3 is 5.97 Å². The summed E-state index contributed by atoms with van der Waals surface area (Å²) in [5, 5.41) is 7.70. The third-order valence-corrected chi connectivity index (χ3v) is 5.38. The van der Waals surface area contributed by atoms with Crippen LogP contribution in [0.3, 0.4) is 0 Å². The monoisotopic (exact) mass is 439 g/mol. The quantitative estimate of drug-likeness (QED) is 0.590. The Morgan fingerprint density at radius 1 is 1.06 bits per heavy atom. The summed E-state index contributed by atoms with van der Waals surface area (Å²) < 4.78 is 6.80. The number of halogens is 1. The van der Waals surface area contributed by atoms with E-state index >= 15 is 0 Å². The van der Waals surface area contributed by atoms with Gasteiger partial charge < -0.3 is 10.1 Å². The van der Waals surface area contributed by atoms with Gasteiger partial charge in [-0.2, -0.15) is 9.78 Å². The number of carbonyl (C=O) groups excluding carboxylic acids is 2. The third kappa shape index (κ3) is 4.44. The van der Waals surface area contributed by atoms with Crippen molar-refractivity contribution < 1.29 is 14.3 Å². The number of aromatic nitrogens is 4. The summed E-state index contributed by atoms with van der Waals surface area (Å²) >= 11 is 5.93. The lowest BCUT2D eigenvalue weighted by molar-refractivity contribution is -0.150. The van der Waals surface area contributed by atoms with Crippen molar-refractivity contribution in [2.75, 3.05) is 11.9 Å². The number of hydrogen-bond acceptors (Lipinski definition) is 6. The van der Waals surface area contributed by atoms with Gasteiger partial charge in [-0.25, -0.2) is 9.97 Å². The topological polar surface area (TPSA) is 99.0 Å². The van der Waals surface area contributed by atoms with Crippen LogP contribution in [0.4, 0.5) is 5.82 Å². The van der Waals surface area contributed by atoms with E-state index in [0.29, 0.717) is 35.3 Å². The molecule has 160 valence electrons. The van der Waals surface area contributed by atoms with Crippen LogP contribution >= 0.6 is 11.6 Å². The predicted octanol–water partition coefficient (Wildman–Crippen LogP) is 3.45. The second-order valence-electron chi connectivity index (χ2n) is 7.75. The number of amides is 1. The smallest absolute Gasteiger partial charge is 0.317 e. The molecule has 0 radical (unpaired) electrons. The Hall–Kier alpha value is -3.26. The Kier molecular flexibility index (Phi) is 5.49. The number of aryl methyl sites for hydroxylation is 3. The number of nitrogens with zero attached hydrogens (tertiary/aromatic N) is 4. The van der Waals surface area contributed by atoms with Gasteiger partial charge in [-0.15, -0.1) is 0 Å². The summed E-state index contributed by atoms with van der Waals surface area (Å²) in [4.78, 5) is 33.9. The summed E-state index contributed by atoms with van der Waals surface area (Å²) in [6, 6.07) is 10.7. The van der Waals surface area contributed by atoms with Crippen molar-refractivity contribution in [2.45, 2.75) is 39.0 Å². The molecule has 31 heavy (non-hydrogen) atoms. The van der Waals surface area contributed by atoms with Gasteiger partial charge in [0.1, 0.15) is 5.82 Å². The number of carbonyl (C=O) groups is 2. The fourth-order valence-electron chi connectivity index (χ4n) is 3.50. The van der Waals surface area contributed by atoms with Crippen LogP contribution in [0, 0.1) is 20.8 Å². The first-order valence-electron chi connectivity index (χ1n) is 9.89. The molecule has 1 fully saturated rings. The zero-order valence-corrected chi connectivity index (χ0v) is 18.2. The number of anilines is 1. The molecule has 9 heteroatoms. The molecule has 1 aliphatic carbocycles. The molecule has 1 saturated carbocycles. The van der Waals surface area contributed by atoms with E-state index < -0.39 is 23.9 Å². The van der Waals surface area contributed by atoms with E-state index in [1.807, 2.05) is 32.0 Å². The fourth-order valence-corrected chi connectivity index (χ4v) is 3.62. The van der Waals surface area contributed by atoms with Crippen LogP contribution in [0.1, 0.15) is 35.5 Å². The van der Waals surface area contributed by atoms with E-state index in [-0.39, 0.29) is 0 Å².